The van der Waals surface area contributed by atoms with Crippen molar-refractivity contribution in [2.75, 3.05) is 0 Å². The summed E-state index contributed by atoms with van der Waals surface area (Å²) >= 11 is 9.34. The van der Waals surface area contributed by atoms with Crippen LogP contribution < -0.4 is 10.5 Å². The molecule has 0 aromatic heterocycles. The van der Waals surface area contributed by atoms with E-state index in [4.69, 9.17) is 22.1 Å². The van der Waals surface area contributed by atoms with Gasteiger partial charge >= 0.3 is 0 Å². The van der Waals surface area contributed by atoms with E-state index in [1.165, 1.54) is 0 Å². The molecule has 4 heteroatoms. The van der Waals surface area contributed by atoms with Gasteiger partial charge in [-0.25, -0.2) is 0 Å². The van der Waals surface area contributed by atoms with Crippen LogP contribution >= 0.6 is 27.5 Å². The van der Waals surface area contributed by atoms with E-state index in [0.29, 0.717) is 11.6 Å². The van der Waals surface area contributed by atoms with E-state index in [9.17, 15) is 0 Å². The van der Waals surface area contributed by atoms with Gasteiger partial charge in [0.2, 0.25) is 0 Å². The molecule has 2 rings (SSSR count). The Labute approximate surface area is 120 Å². The summed E-state index contributed by atoms with van der Waals surface area (Å²) in [5, 5.41) is 0.703. The molecule has 0 amide bonds. The fourth-order valence-electron chi connectivity index (χ4n) is 1.65. The van der Waals surface area contributed by atoms with Gasteiger partial charge in [-0.3, -0.25) is 0 Å². The van der Waals surface area contributed by atoms with Gasteiger partial charge in [0.25, 0.3) is 0 Å². The summed E-state index contributed by atoms with van der Waals surface area (Å²) in [7, 11) is 0. The van der Waals surface area contributed by atoms with Crippen LogP contribution in [0.15, 0.2) is 40.9 Å². The van der Waals surface area contributed by atoms with Crippen LogP contribution in [0.2, 0.25) is 5.02 Å². The van der Waals surface area contributed by atoms with Crippen molar-refractivity contribution in [1.29, 1.82) is 0 Å². The van der Waals surface area contributed by atoms with Crippen molar-refractivity contribution >= 4 is 27.5 Å². The summed E-state index contributed by atoms with van der Waals surface area (Å²) in [6.07, 6.45) is 0. The zero-order valence-corrected chi connectivity index (χ0v) is 12.3. The normalized spacial score (nSPS) is 10.4. The lowest BCUT2D eigenvalue weighted by Gasteiger charge is -2.12. The summed E-state index contributed by atoms with van der Waals surface area (Å²) in [4.78, 5) is 0. The molecule has 0 spiro atoms. The Hall–Kier alpha value is -1.03. The second-order valence-electron chi connectivity index (χ2n) is 3.97. The smallest absolute Gasteiger partial charge is 0.131 e. The molecule has 0 atom stereocenters. The molecule has 0 bridgehead atoms. The highest BCUT2D eigenvalue weighted by Gasteiger charge is 2.07. The molecule has 0 saturated carbocycles. The van der Waals surface area contributed by atoms with E-state index in [-0.39, 0.29) is 0 Å². The maximum Gasteiger partial charge on any atom is 0.131 e. The molecule has 0 radical (unpaired) electrons. The summed E-state index contributed by atoms with van der Waals surface area (Å²) in [5.74, 6) is 1.56. The van der Waals surface area contributed by atoms with E-state index in [1.54, 1.807) is 0 Å². The van der Waals surface area contributed by atoms with Crippen LogP contribution in [0.3, 0.4) is 0 Å². The third-order valence-electron chi connectivity index (χ3n) is 2.60. The molecule has 0 unspecified atom stereocenters. The molecule has 0 aliphatic heterocycles. The lowest BCUT2D eigenvalue weighted by atomic mass is 10.2. The van der Waals surface area contributed by atoms with Gasteiger partial charge in [-0.15, -0.1) is 0 Å². The molecular formula is C14H13BrClNO. The van der Waals surface area contributed by atoms with Crippen molar-refractivity contribution in [2.45, 2.75) is 13.5 Å². The molecule has 2 aromatic rings. The number of aryl methyl sites for hydroxylation is 1. The van der Waals surface area contributed by atoms with Gasteiger partial charge in [0.15, 0.2) is 0 Å². The number of halogens is 2. The van der Waals surface area contributed by atoms with Gasteiger partial charge in [0.1, 0.15) is 11.5 Å². The average Bonchev–Trinajstić information content (AvgIpc) is 2.34. The maximum absolute atomic E-state index is 5.92. The molecule has 0 fully saturated rings. The molecule has 0 aliphatic rings. The van der Waals surface area contributed by atoms with Crippen molar-refractivity contribution in [3.63, 3.8) is 0 Å². The van der Waals surface area contributed by atoms with E-state index < -0.39 is 0 Å². The minimum atomic E-state index is 0.432. The summed E-state index contributed by atoms with van der Waals surface area (Å²) < 4.78 is 6.87. The summed E-state index contributed by atoms with van der Waals surface area (Å²) in [6, 6.07) is 11.3. The van der Waals surface area contributed by atoms with Crippen LogP contribution in [0.5, 0.6) is 11.5 Å². The van der Waals surface area contributed by atoms with Gasteiger partial charge < -0.3 is 10.5 Å². The quantitative estimate of drug-likeness (QED) is 0.890. The number of benzene rings is 2. The van der Waals surface area contributed by atoms with Crippen molar-refractivity contribution in [3.05, 3.63) is 57.0 Å². The van der Waals surface area contributed by atoms with Crippen LogP contribution in [0.4, 0.5) is 0 Å². The molecule has 0 aliphatic carbocycles. The second-order valence-corrected chi connectivity index (χ2v) is 5.32. The number of hydrogen-bond acceptors (Lipinski definition) is 2. The maximum atomic E-state index is 5.92. The first kappa shape index (κ1) is 13.4. The molecule has 18 heavy (non-hydrogen) atoms. The van der Waals surface area contributed by atoms with E-state index in [0.717, 1.165) is 27.1 Å². The fourth-order valence-corrected chi connectivity index (χ4v) is 2.29. The van der Waals surface area contributed by atoms with Gasteiger partial charge in [-0.05, 0) is 48.9 Å². The number of nitrogens with two attached hydrogens (primary N) is 1. The fraction of sp³-hybridized carbons (Fsp3) is 0.143. The highest BCUT2D eigenvalue weighted by molar-refractivity contribution is 9.10. The molecular weight excluding hydrogens is 314 g/mol. The second kappa shape index (κ2) is 5.74. The van der Waals surface area contributed by atoms with E-state index >= 15 is 0 Å². The Kier molecular flexibility index (Phi) is 4.27. The number of ether oxygens (including phenoxy) is 1. The number of hydrogen-bond donors (Lipinski definition) is 1. The van der Waals surface area contributed by atoms with Gasteiger partial charge in [-0.1, -0.05) is 27.5 Å². The predicted octanol–water partition coefficient (Wildman–Crippen LogP) is 4.66. The summed E-state index contributed by atoms with van der Waals surface area (Å²) in [5.41, 5.74) is 7.66. The van der Waals surface area contributed by atoms with Crippen LogP contribution in [0.25, 0.3) is 0 Å². The van der Waals surface area contributed by atoms with Gasteiger partial charge in [-0.2, -0.15) is 0 Å². The molecule has 2 N–H and O–H groups in total. The zero-order chi connectivity index (χ0) is 13.1. The first-order valence-electron chi connectivity index (χ1n) is 5.52. The Morgan fingerprint density at radius 3 is 2.56 bits per heavy atom. The minimum absolute atomic E-state index is 0.432. The molecule has 0 saturated heterocycles. The predicted molar refractivity (Wildman–Crippen MR) is 78.3 cm³/mol. The Bertz CT molecular complexity index is 572. The Morgan fingerprint density at radius 2 is 1.89 bits per heavy atom. The number of rotatable bonds is 3. The monoisotopic (exact) mass is 325 g/mol. The van der Waals surface area contributed by atoms with Crippen LogP contribution in [0.1, 0.15) is 11.1 Å². The van der Waals surface area contributed by atoms with Crippen molar-refractivity contribution < 1.29 is 4.74 Å². The lowest BCUT2D eigenvalue weighted by molar-refractivity contribution is 0.472. The topological polar surface area (TPSA) is 35.2 Å². The van der Waals surface area contributed by atoms with Crippen molar-refractivity contribution in [1.82, 2.24) is 0 Å². The first-order chi connectivity index (χ1) is 8.60. The largest absolute Gasteiger partial charge is 0.457 e. The molecule has 2 nitrogen and oxygen atoms in total. The molecule has 0 heterocycles. The third kappa shape index (κ3) is 3.05. The third-order valence-corrected chi connectivity index (χ3v) is 3.33. The standard InChI is InChI=1S/C14H13BrClNO/c1-9-6-12(16)3-5-13(9)18-14-4-2-11(15)7-10(14)8-17/h2-7H,8,17H2,1H3. The Balaban J connectivity index is 2.33. The summed E-state index contributed by atoms with van der Waals surface area (Å²) in [6.45, 7) is 2.39. The van der Waals surface area contributed by atoms with Crippen LogP contribution in [-0.4, -0.2) is 0 Å². The Morgan fingerprint density at radius 1 is 1.17 bits per heavy atom. The van der Waals surface area contributed by atoms with Crippen molar-refractivity contribution in [2.24, 2.45) is 5.73 Å². The van der Waals surface area contributed by atoms with Gasteiger partial charge in [0.05, 0.1) is 0 Å². The zero-order valence-electron chi connectivity index (χ0n) is 9.91. The lowest BCUT2D eigenvalue weighted by Crippen LogP contribution is -2.00. The molecule has 2 aromatic carbocycles. The highest BCUT2D eigenvalue weighted by Crippen LogP contribution is 2.30. The molecule has 94 valence electrons. The van der Waals surface area contributed by atoms with Crippen LogP contribution in [-0.2, 0) is 6.54 Å². The van der Waals surface area contributed by atoms with Crippen LogP contribution in [0, 0.1) is 6.92 Å². The van der Waals surface area contributed by atoms with Crippen molar-refractivity contribution in [3.8, 4) is 11.5 Å². The first-order valence-corrected chi connectivity index (χ1v) is 6.70. The minimum Gasteiger partial charge on any atom is -0.457 e. The average molecular weight is 327 g/mol. The van der Waals surface area contributed by atoms with E-state index in [2.05, 4.69) is 15.9 Å². The highest BCUT2D eigenvalue weighted by atomic mass is 79.9. The van der Waals surface area contributed by atoms with E-state index in [1.807, 2.05) is 43.3 Å². The SMILES string of the molecule is Cc1cc(Cl)ccc1Oc1ccc(Br)cc1CN. The van der Waals surface area contributed by atoms with Gasteiger partial charge in [0, 0.05) is 21.6 Å².